The summed E-state index contributed by atoms with van der Waals surface area (Å²) >= 11 is 0. The maximum absolute atomic E-state index is 3.99. The Morgan fingerprint density at radius 3 is 2.57 bits per heavy atom. The van der Waals surface area contributed by atoms with Crippen molar-refractivity contribution >= 4 is 0 Å². The summed E-state index contributed by atoms with van der Waals surface area (Å²) in [6.45, 7) is 10.2. The van der Waals surface area contributed by atoms with Crippen LogP contribution >= 0.6 is 0 Å². The number of likely N-dealkylation sites (tertiary alicyclic amines) is 1. The summed E-state index contributed by atoms with van der Waals surface area (Å²) in [6, 6.07) is 0. The van der Waals surface area contributed by atoms with Gasteiger partial charge in [-0.2, -0.15) is 0 Å². The number of nitrogens with zero attached hydrogens (tertiary/aromatic N) is 1. The Kier molecular flexibility index (Phi) is 4.51. The van der Waals surface area contributed by atoms with E-state index in [-0.39, 0.29) is 0 Å². The highest BCUT2D eigenvalue weighted by Gasteiger charge is 2.59. The fraction of sp³-hybridized carbons (Fsp3) is 1.00. The van der Waals surface area contributed by atoms with Gasteiger partial charge in [-0.3, -0.25) is 0 Å². The Labute approximate surface area is 143 Å². The molecule has 1 N–H and O–H groups in total. The molecule has 1 saturated heterocycles. The maximum Gasteiger partial charge on any atom is 0.0241 e. The van der Waals surface area contributed by atoms with Crippen LogP contribution in [0, 0.1) is 23.2 Å². The van der Waals surface area contributed by atoms with Crippen molar-refractivity contribution in [3.8, 4) is 0 Å². The molecule has 0 bridgehead atoms. The molecule has 2 nitrogen and oxygen atoms in total. The van der Waals surface area contributed by atoms with Crippen molar-refractivity contribution < 1.29 is 0 Å². The molecule has 1 spiro atoms. The van der Waals surface area contributed by atoms with Crippen LogP contribution in [0.2, 0.25) is 0 Å². The zero-order valence-corrected chi connectivity index (χ0v) is 15.6. The van der Waals surface area contributed by atoms with E-state index in [1.165, 1.54) is 90.4 Å². The van der Waals surface area contributed by atoms with Crippen molar-refractivity contribution in [3.05, 3.63) is 0 Å². The molecule has 1 aliphatic heterocycles. The Hall–Kier alpha value is -0.0800. The largest absolute Gasteiger partial charge is 0.311 e. The van der Waals surface area contributed by atoms with Crippen LogP contribution < -0.4 is 5.32 Å². The van der Waals surface area contributed by atoms with E-state index >= 15 is 0 Å². The second kappa shape index (κ2) is 6.33. The first kappa shape index (κ1) is 16.4. The van der Waals surface area contributed by atoms with Gasteiger partial charge in [-0.25, -0.2) is 0 Å². The molecule has 3 saturated carbocycles. The molecule has 4 fully saturated rings. The molecule has 23 heavy (non-hydrogen) atoms. The van der Waals surface area contributed by atoms with Crippen molar-refractivity contribution in [1.29, 1.82) is 0 Å². The summed E-state index contributed by atoms with van der Waals surface area (Å²) in [5.41, 5.74) is 1.35. The van der Waals surface area contributed by atoms with Crippen LogP contribution in [-0.2, 0) is 0 Å². The molecule has 0 amide bonds. The molecule has 3 atom stereocenters. The Morgan fingerprint density at radius 2 is 2.00 bits per heavy atom. The van der Waals surface area contributed by atoms with Gasteiger partial charge in [-0.1, -0.05) is 26.7 Å². The number of rotatable bonds is 8. The van der Waals surface area contributed by atoms with E-state index in [1.807, 2.05) is 0 Å². The minimum absolute atomic E-state index is 0.572. The SMILES string of the molecule is CCCNC1(C2CCC2)CC1CC(C)CN1CCC2(CCC2)C1. The van der Waals surface area contributed by atoms with Gasteiger partial charge in [0, 0.05) is 18.6 Å². The third kappa shape index (κ3) is 3.11. The molecular weight excluding hydrogens is 280 g/mol. The van der Waals surface area contributed by atoms with Crippen LogP contribution in [-0.4, -0.2) is 36.6 Å². The molecular formula is C21H38N2. The highest BCUT2D eigenvalue weighted by atomic mass is 15.2. The van der Waals surface area contributed by atoms with Crippen LogP contribution in [0.15, 0.2) is 0 Å². The quantitative estimate of drug-likeness (QED) is 0.711. The fourth-order valence-electron chi connectivity index (χ4n) is 6.05. The smallest absolute Gasteiger partial charge is 0.0241 e. The Bertz CT molecular complexity index is 412. The van der Waals surface area contributed by atoms with Crippen LogP contribution in [0.25, 0.3) is 0 Å². The number of hydrogen-bond acceptors (Lipinski definition) is 2. The molecule has 132 valence electrons. The average molecular weight is 319 g/mol. The standard InChI is InChI=1S/C21H38N2/c1-3-11-22-21(18-6-4-7-18)14-19(21)13-17(2)15-23-12-10-20(16-23)8-5-9-20/h17-19,22H,3-16H2,1-2H3. The summed E-state index contributed by atoms with van der Waals surface area (Å²) in [4.78, 5) is 2.80. The van der Waals surface area contributed by atoms with Crippen molar-refractivity contribution in [2.45, 2.75) is 83.6 Å². The Balaban J connectivity index is 1.25. The van der Waals surface area contributed by atoms with Gasteiger partial charge in [0.15, 0.2) is 0 Å². The first-order valence-corrected chi connectivity index (χ1v) is 10.6. The lowest BCUT2D eigenvalue weighted by atomic mass is 9.68. The van der Waals surface area contributed by atoms with Crippen LogP contribution in [0.1, 0.15) is 78.1 Å². The highest BCUT2D eigenvalue weighted by molar-refractivity contribution is 5.15. The molecule has 0 aromatic heterocycles. The molecule has 1 heterocycles. The predicted molar refractivity (Wildman–Crippen MR) is 97.6 cm³/mol. The topological polar surface area (TPSA) is 15.3 Å². The van der Waals surface area contributed by atoms with Gasteiger partial charge in [0.25, 0.3) is 0 Å². The summed E-state index contributed by atoms with van der Waals surface area (Å²) in [7, 11) is 0. The van der Waals surface area contributed by atoms with E-state index in [2.05, 4.69) is 24.1 Å². The minimum atomic E-state index is 0.572. The van der Waals surface area contributed by atoms with Gasteiger partial charge in [-0.05, 0) is 87.6 Å². The van der Waals surface area contributed by atoms with Crippen molar-refractivity contribution in [2.75, 3.05) is 26.2 Å². The maximum atomic E-state index is 3.99. The van der Waals surface area contributed by atoms with Crippen LogP contribution in [0.3, 0.4) is 0 Å². The normalized spacial score (nSPS) is 37.6. The lowest BCUT2D eigenvalue weighted by Gasteiger charge is -2.38. The lowest BCUT2D eigenvalue weighted by Crippen LogP contribution is -2.44. The first-order chi connectivity index (χ1) is 11.2. The highest BCUT2D eigenvalue weighted by Crippen LogP contribution is 2.57. The van der Waals surface area contributed by atoms with E-state index in [1.54, 1.807) is 0 Å². The van der Waals surface area contributed by atoms with Crippen molar-refractivity contribution in [1.82, 2.24) is 10.2 Å². The zero-order valence-electron chi connectivity index (χ0n) is 15.6. The van der Waals surface area contributed by atoms with Gasteiger partial charge in [0.1, 0.15) is 0 Å². The third-order valence-electron chi connectivity index (χ3n) is 7.88. The molecule has 3 unspecified atom stereocenters. The zero-order chi connectivity index (χ0) is 15.9. The molecule has 4 rings (SSSR count). The van der Waals surface area contributed by atoms with E-state index in [0.717, 1.165) is 23.2 Å². The summed E-state index contributed by atoms with van der Waals surface area (Å²) in [5.74, 6) is 2.88. The molecule has 3 aliphatic carbocycles. The monoisotopic (exact) mass is 318 g/mol. The predicted octanol–water partition coefficient (Wildman–Crippen LogP) is 4.45. The van der Waals surface area contributed by atoms with Crippen molar-refractivity contribution in [3.63, 3.8) is 0 Å². The van der Waals surface area contributed by atoms with E-state index < -0.39 is 0 Å². The number of nitrogens with one attached hydrogen (secondary N) is 1. The van der Waals surface area contributed by atoms with Gasteiger partial charge in [0.05, 0.1) is 0 Å². The minimum Gasteiger partial charge on any atom is -0.311 e. The lowest BCUT2D eigenvalue weighted by molar-refractivity contribution is 0.132. The van der Waals surface area contributed by atoms with E-state index in [4.69, 9.17) is 0 Å². The average Bonchev–Trinajstić information content (AvgIpc) is 2.91. The molecule has 0 radical (unpaired) electrons. The molecule has 0 aromatic rings. The molecule has 4 aliphatic rings. The summed E-state index contributed by atoms with van der Waals surface area (Å²) in [5, 5.41) is 3.99. The van der Waals surface area contributed by atoms with Crippen molar-refractivity contribution in [2.24, 2.45) is 23.2 Å². The second-order valence-electron chi connectivity index (χ2n) is 9.68. The molecule has 2 heteroatoms. The molecule has 0 aromatic carbocycles. The summed E-state index contributed by atoms with van der Waals surface area (Å²) < 4.78 is 0. The third-order valence-corrected chi connectivity index (χ3v) is 7.88. The first-order valence-electron chi connectivity index (χ1n) is 10.6. The van der Waals surface area contributed by atoms with E-state index in [0.29, 0.717) is 5.54 Å². The Morgan fingerprint density at radius 1 is 1.17 bits per heavy atom. The fourth-order valence-corrected chi connectivity index (χ4v) is 6.05. The summed E-state index contributed by atoms with van der Waals surface area (Å²) in [6.07, 6.45) is 14.7. The van der Waals surface area contributed by atoms with Crippen LogP contribution in [0.5, 0.6) is 0 Å². The van der Waals surface area contributed by atoms with Gasteiger partial charge < -0.3 is 10.2 Å². The van der Waals surface area contributed by atoms with E-state index in [9.17, 15) is 0 Å². The van der Waals surface area contributed by atoms with Gasteiger partial charge in [-0.15, -0.1) is 0 Å². The van der Waals surface area contributed by atoms with Gasteiger partial charge in [0.2, 0.25) is 0 Å². The number of hydrogen-bond donors (Lipinski definition) is 1. The van der Waals surface area contributed by atoms with Crippen LogP contribution in [0.4, 0.5) is 0 Å². The second-order valence-corrected chi connectivity index (χ2v) is 9.68. The van der Waals surface area contributed by atoms with Gasteiger partial charge >= 0.3 is 0 Å².